The van der Waals surface area contributed by atoms with E-state index >= 15 is 0 Å². The molecule has 1 saturated heterocycles. The second-order valence-electron chi connectivity index (χ2n) is 5.03. The maximum absolute atomic E-state index is 14.2. The molecule has 1 aromatic rings. The summed E-state index contributed by atoms with van der Waals surface area (Å²) in [6.45, 7) is 3.38. The zero-order valence-corrected chi connectivity index (χ0v) is 10.5. The smallest absolute Gasteiger partial charge is 0.130 e. The van der Waals surface area contributed by atoms with Crippen LogP contribution >= 0.6 is 0 Å². The number of rotatable bonds is 5. The van der Waals surface area contributed by atoms with E-state index in [2.05, 4.69) is 0 Å². The molecule has 18 heavy (non-hydrogen) atoms. The van der Waals surface area contributed by atoms with Gasteiger partial charge in [-0.1, -0.05) is 6.07 Å². The van der Waals surface area contributed by atoms with Crippen molar-refractivity contribution in [1.29, 1.82) is 0 Å². The third kappa shape index (κ3) is 3.05. The van der Waals surface area contributed by atoms with Crippen LogP contribution in [0.3, 0.4) is 0 Å². The zero-order chi connectivity index (χ0) is 13.1. The highest BCUT2D eigenvalue weighted by molar-refractivity contribution is 5.26. The second-order valence-corrected chi connectivity index (χ2v) is 5.03. The van der Waals surface area contributed by atoms with Crippen molar-refractivity contribution in [1.82, 2.24) is 4.90 Å². The Morgan fingerprint density at radius 2 is 2.06 bits per heavy atom. The lowest BCUT2D eigenvalue weighted by Gasteiger charge is -2.41. The van der Waals surface area contributed by atoms with Crippen LogP contribution in [0.5, 0.6) is 0 Å². The molecule has 4 heteroatoms. The molecule has 1 atom stereocenters. The van der Waals surface area contributed by atoms with E-state index in [4.69, 9.17) is 0 Å². The molecule has 0 amide bonds. The maximum Gasteiger partial charge on any atom is 0.130 e. The lowest BCUT2D eigenvalue weighted by atomic mass is 9.89. The van der Waals surface area contributed by atoms with Gasteiger partial charge in [-0.3, -0.25) is 4.39 Å². The molecule has 1 aromatic carbocycles. The minimum atomic E-state index is -1.12. The second kappa shape index (κ2) is 5.74. The van der Waals surface area contributed by atoms with Crippen molar-refractivity contribution >= 4 is 0 Å². The first-order chi connectivity index (χ1) is 8.60. The Labute approximate surface area is 106 Å². The number of likely N-dealkylation sites (tertiary alicyclic amines) is 1. The minimum absolute atomic E-state index is 0.0918. The van der Waals surface area contributed by atoms with Gasteiger partial charge in [-0.05, 0) is 36.6 Å². The Bertz CT molecular complexity index is 382. The third-order valence-electron chi connectivity index (χ3n) is 3.39. The quantitative estimate of drug-likeness (QED) is 0.781. The Hall–Kier alpha value is -1.03. The SMILES string of the molecule is Cc1cc(F)cc(C(F)C2CN(CCCF)C2)c1. The van der Waals surface area contributed by atoms with Crippen molar-refractivity contribution in [2.24, 2.45) is 5.92 Å². The van der Waals surface area contributed by atoms with Gasteiger partial charge in [0.05, 0.1) is 6.67 Å². The number of hydrogen-bond acceptors (Lipinski definition) is 1. The molecule has 1 aliphatic rings. The van der Waals surface area contributed by atoms with Gasteiger partial charge in [0.25, 0.3) is 0 Å². The number of hydrogen-bond donors (Lipinski definition) is 0. The lowest BCUT2D eigenvalue weighted by molar-refractivity contribution is 0.0362. The van der Waals surface area contributed by atoms with Crippen LogP contribution in [0.4, 0.5) is 13.2 Å². The highest BCUT2D eigenvalue weighted by atomic mass is 19.1. The molecule has 0 saturated carbocycles. The molecule has 0 N–H and O–H groups in total. The zero-order valence-electron chi connectivity index (χ0n) is 10.5. The Balaban J connectivity index is 1.91. The summed E-state index contributed by atoms with van der Waals surface area (Å²) in [4.78, 5) is 2.03. The molecule has 0 aromatic heterocycles. The average Bonchev–Trinajstić information content (AvgIpc) is 2.25. The first-order valence-corrected chi connectivity index (χ1v) is 6.29. The van der Waals surface area contributed by atoms with Crippen LogP contribution in [0, 0.1) is 18.7 Å². The maximum atomic E-state index is 14.2. The topological polar surface area (TPSA) is 3.24 Å². The van der Waals surface area contributed by atoms with Crippen LogP contribution < -0.4 is 0 Å². The van der Waals surface area contributed by atoms with Gasteiger partial charge < -0.3 is 4.90 Å². The molecule has 1 fully saturated rings. The van der Waals surface area contributed by atoms with Gasteiger partial charge in [0.15, 0.2) is 0 Å². The van der Waals surface area contributed by atoms with E-state index < -0.39 is 6.17 Å². The molecule has 2 rings (SSSR count). The fourth-order valence-corrected chi connectivity index (χ4v) is 2.46. The third-order valence-corrected chi connectivity index (χ3v) is 3.39. The number of benzene rings is 1. The molecular weight excluding hydrogens is 239 g/mol. The van der Waals surface area contributed by atoms with E-state index in [9.17, 15) is 13.2 Å². The summed E-state index contributed by atoms with van der Waals surface area (Å²) in [5, 5.41) is 0. The Morgan fingerprint density at radius 3 is 2.67 bits per heavy atom. The van der Waals surface area contributed by atoms with E-state index in [1.54, 1.807) is 13.0 Å². The number of nitrogens with zero attached hydrogens (tertiary/aromatic N) is 1. The predicted octanol–water partition coefficient (Wildman–Crippen LogP) is 3.44. The van der Waals surface area contributed by atoms with E-state index in [1.807, 2.05) is 4.90 Å². The summed E-state index contributed by atoms with van der Waals surface area (Å²) in [5.74, 6) is -0.480. The standard InChI is InChI=1S/C14H18F3N/c1-10-5-11(7-13(16)6-10)14(17)12-8-18(9-12)4-2-3-15/h5-7,12,14H,2-4,8-9H2,1H3. The van der Waals surface area contributed by atoms with Gasteiger partial charge in [0.2, 0.25) is 0 Å². The largest absolute Gasteiger partial charge is 0.302 e. The predicted molar refractivity (Wildman–Crippen MR) is 65.5 cm³/mol. The molecule has 0 radical (unpaired) electrons. The monoisotopic (exact) mass is 257 g/mol. The Kier molecular flexibility index (Phi) is 4.27. The molecule has 0 bridgehead atoms. The molecule has 100 valence electrons. The highest BCUT2D eigenvalue weighted by Gasteiger charge is 2.34. The summed E-state index contributed by atoms with van der Waals surface area (Å²) in [5.41, 5.74) is 1.16. The van der Waals surface area contributed by atoms with Crippen molar-refractivity contribution in [3.63, 3.8) is 0 Å². The van der Waals surface area contributed by atoms with Crippen LogP contribution in [-0.2, 0) is 0 Å². The van der Waals surface area contributed by atoms with Crippen LogP contribution in [0.2, 0.25) is 0 Å². The van der Waals surface area contributed by atoms with E-state index in [0.717, 1.165) is 5.56 Å². The molecule has 0 aliphatic carbocycles. The van der Waals surface area contributed by atoms with Crippen molar-refractivity contribution in [3.05, 3.63) is 35.1 Å². The normalized spacial score (nSPS) is 18.7. The average molecular weight is 257 g/mol. The van der Waals surface area contributed by atoms with Crippen LogP contribution in [0.15, 0.2) is 18.2 Å². The van der Waals surface area contributed by atoms with Crippen LogP contribution in [-0.4, -0.2) is 31.2 Å². The molecule has 1 heterocycles. The Morgan fingerprint density at radius 1 is 1.33 bits per heavy atom. The fourth-order valence-electron chi connectivity index (χ4n) is 2.46. The van der Waals surface area contributed by atoms with Crippen molar-refractivity contribution in [2.45, 2.75) is 19.5 Å². The summed E-state index contributed by atoms with van der Waals surface area (Å²) < 4.78 is 39.3. The molecule has 1 nitrogen and oxygen atoms in total. The fraction of sp³-hybridized carbons (Fsp3) is 0.571. The van der Waals surface area contributed by atoms with Crippen molar-refractivity contribution < 1.29 is 13.2 Å². The molecule has 0 spiro atoms. The summed E-state index contributed by atoms with van der Waals surface area (Å²) in [6.07, 6.45) is -0.621. The van der Waals surface area contributed by atoms with E-state index in [-0.39, 0.29) is 18.4 Å². The van der Waals surface area contributed by atoms with Gasteiger partial charge in [-0.15, -0.1) is 0 Å². The molecule has 1 unspecified atom stereocenters. The summed E-state index contributed by atoms with van der Waals surface area (Å²) >= 11 is 0. The van der Waals surface area contributed by atoms with Crippen LogP contribution in [0.1, 0.15) is 23.7 Å². The summed E-state index contributed by atoms with van der Waals surface area (Å²) in [7, 11) is 0. The van der Waals surface area contributed by atoms with Crippen molar-refractivity contribution in [2.75, 3.05) is 26.3 Å². The van der Waals surface area contributed by atoms with E-state index in [0.29, 0.717) is 31.6 Å². The van der Waals surface area contributed by atoms with Gasteiger partial charge in [-0.25, -0.2) is 8.78 Å². The lowest BCUT2D eigenvalue weighted by Crippen LogP contribution is -2.48. The first kappa shape index (κ1) is 13.4. The number of alkyl halides is 2. The van der Waals surface area contributed by atoms with Gasteiger partial charge in [-0.2, -0.15) is 0 Å². The van der Waals surface area contributed by atoms with Gasteiger partial charge in [0.1, 0.15) is 12.0 Å². The van der Waals surface area contributed by atoms with Crippen molar-refractivity contribution in [3.8, 4) is 0 Å². The van der Waals surface area contributed by atoms with Gasteiger partial charge in [0, 0.05) is 25.6 Å². The number of halogens is 3. The van der Waals surface area contributed by atoms with Crippen LogP contribution in [0.25, 0.3) is 0 Å². The summed E-state index contributed by atoms with van der Waals surface area (Å²) in [6, 6.07) is 4.35. The molecule has 1 aliphatic heterocycles. The minimum Gasteiger partial charge on any atom is -0.302 e. The van der Waals surface area contributed by atoms with Gasteiger partial charge >= 0.3 is 0 Å². The van der Waals surface area contributed by atoms with E-state index in [1.165, 1.54) is 12.1 Å². The first-order valence-electron chi connectivity index (χ1n) is 6.29. The molecular formula is C14H18F3N. The number of aryl methyl sites for hydroxylation is 1. The highest BCUT2D eigenvalue weighted by Crippen LogP contribution is 2.33.